The van der Waals surface area contributed by atoms with Crippen LogP contribution in [0.15, 0.2) is 54.6 Å². The van der Waals surface area contributed by atoms with Crippen molar-refractivity contribution in [2.24, 2.45) is 11.7 Å². The lowest BCUT2D eigenvalue weighted by Crippen LogP contribution is -2.52. The van der Waals surface area contributed by atoms with Crippen LogP contribution in [0.4, 0.5) is 11.4 Å². The maximum absolute atomic E-state index is 12.8. The fourth-order valence-corrected chi connectivity index (χ4v) is 2.53. The van der Waals surface area contributed by atoms with Gasteiger partial charge >= 0.3 is 0 Å². The molecule has 0 radical (unpaired) electrons. The molecule has 8 nitrogen and oxygen atoms in total. The number of hydrogen-bond acceptors (Lipinski definition) is 5. The van der Waals surface area contributed by atoms with Gasteiger partial charge in [0.25, 0.3) is 5.69 Å². The minimum absolute atomic E-state index is 0.0740. The van der Waals surface area contributed by atoms with E-state index in [1.54, 1.807) is 0 Å². The number of rotatable bonds is 8. The fraction of sp³-hybridized carbons (Fsp3) is 0.300. The van der Waals surface area contributed by atoms with E-state index < -0.39 is 28.8 Å². The van der Waals surface area contributed by atoms with Gasteiger partial charge in [0.2, 0.25) is 11.8 Å². The Bertz CT molecular complexity index is 822. The van der Waals surface area contributed by atoms with E-state index in [1.165, 1.54) is 24.3 Å². The summed E-state index contributed by atoms with van der Waals surface area (Å²) in [6.07, 6.45) is 0.288. The first-order valence-electron chi connectivity index (χ1n) is 8.93. The topological polar surface area (TPSA) is 127 Å². The normalized spacial score (nSPS) is 12.9. The van der Waals surface area contributed by atoms with Crippen molar-refractivity contribution in [2.75, 3.05) is 5.32 Å². The Morgan fingerprint density at radius 3 is 2.18 bits per heavy atom. The van der Waals surface area contributed by atoms with Crippen molar-refractivity contribution in [2.45, 2.75) is 32.4 Å². The van der Waals surface area contributed by atoms with E-state index in [4.69, 9.17) is 5.73 Å². The van der Waals surface area contributed by atoms with Crippen molar-refractivity contribution >= 4 is 23.2 Å². The largest absolute Gasteiger partial charge is 0.343 e. The van der Waals surface area contributed by atoms with Crippen molar-refractivity contribution in [3.05, 3.63) is 70.3 Å². The van der Waals surface area contributed by atoms with Gasteiger partial charge in [-0.25, -0.2) is 0 Å². The number of benzene rings is 2. The molecule has 0 aliphatic carbocycles. The van der Waals surface area contributed by atoms with Crippen LogP contribution in [0.25, 0.3) is 0 Å². The van der Waals surface area contributed by atoms with E-state index in [-0.39, 0.29) is 18.0 Å². The Morgan fingerprint density at radius 2 is 1.64 bits per heavy atom. The van der Waals surface area contributed by atoms with Crippen LogP contribution in [0.3, 0.4) is 0 Å². The molecule has 0 aliphatic rings. The summed E-state index contributed by atoms with van der Waals surface area (Å²) in [4.78, 5) is 35.4. The number of amides is 2. The maximum atomic E-state index is 12.8. The predicted octanol–water partition coefficient (Wildman–Crippen LogP) is 2.24. The highest BCUT2D eigenvalue weighted by Crippen LogP contribution is 2.16. The van der Waals surface area contributed by atoms with Crippen molar-refractivity contribution < 1.29 is 14.5 Å². The van der Waals surface area contributed by atoms with E-state index in [9.17, 15) is 19.7 Å². The monoisotopic (exact) mass is 384 g/mol. The highest BCUT2D eigenvalue weighted by atomic mass is 16.6. The molecule has 0 saturated carbocycles. The van der Waals surface area contributed by atoms with Gasteiger partial charge < -0.3 is 16.4 Å². The molecule has 0 saturated heterocycles. The number of nitro groups is 1. The molecule has 0 fully saturated rings. The number of carbonyl (C=O) groups excluding carboxylic acids is 2. The second-order valence-corrected chi connectivity index (χ2v) is 6.81. The van der Waals surface area contributed by atoms with Gasteiger partial charge in [-0.2, -0.15) is 0 Å². The highest BCUT2D eigenvalue weighted by molar-refractivity contribution is 5.98. The van der Waals surface area contributed by atoms with Crippen LogP contribution in [0, 0.1) is 16.0 Å². The van der Waals surface area contributed by atoms with Crippen molar-refractivity contribution in [3.8, 4) is 0 Å². The molecule has 0 spiro atoms. The standard InChI is InChI=1S/C20H24N4O4/c1-13(2)18(21)20(26)23-17(12-14-6-4-3-5-7-14)19(25)22-15-8-10-16(11-9-15)24(27)28/h3-11,13,17-18H,12,21H2,1-2H3,(H,22,25)(H,23,26). The summed E-state index contributed by atoms with van der Waals surface area (Å²) in [6.45, 7) is 3.65. The number of non-ortho nitro benzene ring substituents is 1. The Kier molecular flexibility index (Phi) is 7.22. The zero-order chi connectivity index (χ0) is 20.7. The number of hydrogen-bond donors (Lipinski definition) is 3. The summed E-state index contributed by atoms with van der Waals surface area (Å²) in [5, 5.41) is 16.1. The average Bonchev–Trinajstić information content (AvgIpc) is 2.67. The first kappa shape index (κ1) is 21.0. The number of nitro benzene ring substituents is 1. The molecule has 2 amide bonds. The Labute approximate surface area is 163 Å². The minimum Gasteiger partial charge on any atom is -0.343 e. The van der Waals surface area contributed by atoms with E-state index in [1.807, 2.05) is 44.2 Å². The van der Waals surface area contributed by atoms with Gasteiger partial charge in [0, 0.05) is 24.2 Å². The summed E-state index contributed by atoms with van der Waals surface area (Å²) in [6, 6.07) is 13.2. The number of carbonyl (C=O) groups is 2. The van der Waals surface area contributed by atoms with Crippen molar-refractivity contribution in [3.63, 3.8) is 0 Å². The zero-order valence-electron chi connectivity index (χ0n) is 15.8. The first-order valence-corrected chi connectivity index (χ1v) is 8.93. The molecule has 0 aliphatic heterocycles. The van der Waals surface area contributed by atoms with Gasteiger partial charge in [-0.15, -0.1) is 0 Å². The molecule has 2 unspecified atom stereocenters. The molecule has 0 bridgehead atoms. The molecule has 0 aromatic heterocycles. The summed E-state index contributed by atoms with van der Waals surface area (Å²) in [5.41, 5.74) is 7.10. The third-order valence-corrected chi connectivity index (χ3v) is 4.28. The molecule has 8 heteroatoms. The Morgan fingerprint density at radius 1 is 1.04 bits per heavy atom. The van der Waals surface area contributed by atoms with Gasteiger partial charge in [0.05, 0.1) is 11.0 Å². The van der Waals surface area contributed by atoms with E-state index in [0.29, 0.717) is 5.69 Å². The Balaban J connectivity index is 2.15. The van der Waals surface area contributed by atoms with Crippen LogP contribution in [0.5, 0.6) is 0 Å². The van der Waals surface area contributed by atoms with Gasteiger partial charge in [0.15, 0.2) is 0 Å². The lowest BCUT2D eigenvalue weighted by Gasteiger charge is -2.22. The van der Waals surface area contributed by atoms with Crippen LogP contribution < -0.4 is 16.4 Å². The zero-order valence-corrected chi connectivity index (χ0v) is 15.8. The maximum Gasteiger partial charge on any atom is 0.269 e. The number of anilines is 1. The lowest BCUT2D eigenvalue weighted by molar-refractivity contribution is -0.384. The quantitative estimate of drug-likeness (QED) is 0.475. The van der Waals surface area contributed by atoms with Crippen molar-refractivity contribution in [1.29, 1.82) is 0 Å². The molecule has 2 atom stereocenters. The van der Waals surface area contributed by atoms with E-state index in [0.717, 1.165) is 5.56 Å². The van der Waals surface area contributed by atoms with Gasteiger partial charge in [-0.1, -0.05) is 44.2 Å². The Hall–Kier alpha value is -3.26. The van der Waals surface area contributed by atoms with E-state index >= 15 is 0 Å². The van der Waals surface area contributed by atoms with Crippen LogP contribution in [0.2, 0.25) is 0 Å². The molecular formula is C20H24N4O4. The van der Waals surface area contributed by atoms with Crippen LogP contribution in [-0.2, 0) is 16.0 Å². The molecule has 2 rings (SSSR count). The minimum atomic E-state index is -0.838. The fourth-order valence-electron chi connectivity index (χ4n) is 2.53. The predicted molar refractivity (Wildman–Crippen MR) is 107 cm³/mol. The van der Waals surface area contributed by atoms with Crippen LogP contribution in [0.1, 0.15) is 19.4 Å². The van der Waals surface area contributed by atoms with Crippen LogP contribution >= 0.6 is 0 Å². The number of nitrogens with zero attached hydrogens (tertiary/aromatic N) is 1. The lowest BCUT2D eigenvalue weighted by atomic mass is 10.0. The molecule has 28 heavy (non-hydrogen) atoms. The highest BCUT2D eigenvalue weighted by Gasteiger charge is 2.25. The summed E-state index contributed by atoms with van der Waals surface area (Å²) in [7, 11) is 0. The van der Waals surface area contributed by atoms with Gasteiger partial charge in [-0.3, -0.25) is 19.7 Å². The third kappa shape index (κ3) is 5.88. The van der Waals surface area contributed by atoms with E-state index in [2.05, 4.69) is 10.6 Å². The first-order chi connectivity index (χ1) is 13.3. The molecular weight excluding hydrogens is 360 g/mol. The summed E-state index contributed by atoms with van der Waals surface area (Å²) >= 11 is 0. The average molecular weight is 384 g/mol. The van der Waals surface area contributed by atoms with Gasteiger partial charge in [-0.05, 0) is 23.6 Å². The number of nitrogens with one attached hydrogen (secondary N) is 2. The summed E-state index contributed by atoms with van der Waals surface area (Å²) < 4.78 is 0. The van der Waals surface area contributed by atoms with Crippen molar-refractivity contribution in [1.82, 2.24) is 5.32 Å². The molecule has 4 N–H and O–H groups in total. The second kappa shape index (κ2) is 9.61. The second-order valence-electron chi connectivity index (χ2n) is 6.81. The molecule has 2 aromatic rings. The molecule has 2 aromatic carbocycles. The van der Waals surface area contributed by atoms with Gasteiger partial charge in [0.1, 0.15) is 6.04 Å². The SMILES string of the molecule is CC(C)C(N)C(=O)NC(Cc1ccccc1)C(=O)Nc1ccc([N+](=O)[O-])cc1. The summed E-state index contributed by atoms with van der Waals surface area (Å²) in [5.74, 6) is -0.910. The number of nitrogens with two attached hydrogens (primary N) is 1. The third-order valence-electron chi connectivity index (χ3n) is 4.28. The molecule has 148 valence electrons. The molecule has 0 heterocycles. The van der Waals surface area contributed by atoms with Crippen LogP contribution in [-0.4, -0.2) is 28.8 Å². The smallest absolute Gasteiger partial charge is 0.269 e.